The van der Waals surface area contributed by atoms with Crippen LogP contribution in [-0.2, 0) is 19.1 Å². The van der Waals surface area contributed by atoms with E-state index in [4.69, 9.17) is 4.74 Å². The lowest BCUT2D eigenvalue weighted by molar-refractivity contribution is -0.150. The zero-order valence-corrected chi connectivity index (χ0v) is 17.5. The van der Waals surface area contributed by atoms with Crippen molar-refractivity contribution in [1.29, 1.82) is 0 Å². The van der Waals surface area contributed by atoms with E-state index in [0.717, 1.165) is 16.3 Å². The van der Waals surface area contributed by atoms with Crippen LogP contribution in [0, 0.1) is 12.3 Å². The van der Waals surface area contributed by atoms with Gasteiger partial charge in [-0.3, -0.25) is 9.59 Å². The Morgan fingerprint density at radius 3 is 2.57 bits per heavy atom. The molecule has 1 aromatic carbocycles. The van der Waals surface area contributed by atoms with Gasteiger partial charge in [0.05, 0.1) is 10.7 Å². The average molecular weight is 404 g/mol. The van der Waals surface area contributed by atoms with Gasteiger partial charge < -0.3 is 15.4 Å². The van der Waals surface area contributed by atoms with Crippen LogP contribution in [0.15, 0.2) is 29.6 Å². The van der Waals surface area contributed by atoms with Crippen LogP contribution in [0.3, 0.4) is 0 Å². The molecule has 0 saturated heterocycles. The van der Waals surface area contributed by atoms with Crippen molar-refractivity contribution >= 4 is 34.8 Å². The van der Waals surface area contributed by atoms with E-state index in [1.807, 2.05) is 24.4 Å². The molecule has 8 heteroatoms. The van der Waals surface area contributed by atoms with E-state index in [0.29, 0.717) is 5.69 Å². The average Bonchev–Trinajstić information content (AvgIpc) is 3.05. The van der Waals surface area contributed by atoms with Gasteiger partial charge in [0, 0.05) is 22.0 Å². The first-order valence-corrected chi connectivity index (χ1v) is 9.74. The third-order valence-corrected chi connectivity index (χ3v) is 4.56. The number of amides is 2. The highest BCUT2D eigenvalue weighted by Gasteiger charge is 2.26. The van der Waals surface area contributed by atoms with Crippen molar-refractivity contribution in [3.8, 4) is 11.3 Å². The van der Waals surface area contributed by atoms with Crippen LogP contribution in [0.1, 0.15) is 32.7 Å². The minimum atomic E-state index is -0.837. The Morgan fingerprint density at radius 1 is 1.25 bits per heavy atom. The van der Waals surface area contributed by atoms with Gasteiger partial charge in [-0.1, -0.05) is 32.9 Å². The summed E-state index contributed by atoms with van der Waals surface area (Å²) < 4.78 is 4.99. The number of anilines is 1. The quantitative estimate of drug-likeness (QED) is 0.722. The van der Waals surface area contributed by atoms with E-state index < -0.39 is 29.9 Å². The highest BCUT2D eigenvalue weighted by Crippen LogP contribution is 2.24. The predicted octanol–water partition coefficient (Wildman–Crippen LogP) is 3.15. The van der Waals surface area contributed by atoms with Crippen molar-refractivity contribution in [3.63, 3.8) is 0 Å². The number of aromatic nitrogens is 1. The third-order valence-electron chi connectivity index (χ3n) is 3.79. The molecule has 0 aliphatic heterocycles. The number of nitrogens with one attached hydrogen (secondary N) is 2. The van der Waals surface area contributed by atoms with Gasteiger partial charge in [-0.2, -0.15) is 0 Å². The molecule has 28 heavy (non-hydrogen) atoms. The molecule has 0 radical (unpaired) electrons. The summed E-state index contributed by atoms with van der Waals surface area (Å²) in [5, 5.41) is 8.17. The predicted molar refractivity (Wildman–Crippen MR) is 109 cm³/mol. The highest BCUT2D eigenvalue weighted by molar-refractivity contribution is 7.09. The summed E-state index contributed by atoms with van der Waals surface area (Å²) in [6.45, 7) is 8.25. The van der Waals surface area contributed by atoms with Crippen LogP contribution >= 0.6 is 11.3 Å². The van der Waals surface area contributed by atoms with Crippen LogP contribution < -0.4 is 10.6 Å². The number of carbonyl (C=O) groups is 3. The zero-order chi connectivity index (χ0) is 20.9. The Morgan fingerprint density at radius 2 is 1.96 bits per heavy atom. The van der Waals surface area contributed by atoms with Crippen molar-refractivity contribution in [2.45, 2.75) is 40.7 Å². The molecule has 150 valence electrons. The monoisotopic (exact) mass is 403 g/mol. The first-order chi connectivity index (χ1) is 13.1. The number of hydrogen-bond acceptors (Lipinski definition) is 6. The van der Waals surface area contributed by atoms with Crippen LogP contribution in [0.25, 0.3) is 11.3 Å². The van der Waals surface area contributed by atoms with E-state index in [-0.39, 0.29) is 5.91 Å². The number of rotatable bonds is 6. The van der Waals surface area contributed by atoms with E-state index >= 15 is 0 Å². The van der Waals surface area contributed by atoms with Crippen LogP contribution in [0.2, 0.25) is 0 Å². The molecule has 1 aromatic heterocycles. The third kappa shape index (κ3) is 6.16. The maximum Gasteiger partial charge on any atom is 0.328 e. The summed E-state index contributed by atoms with van der Waals surface area (Å²) >= 11 is 1.55. The molecule has 2 N–H and O–H groups in total. The second kappa shape index (κ2) is 8.97. The summed E-state index contributed by atoms with van der Waals surface area (Å²) in [6, 6.07) is 6.44. The smallest absolute Gasteiger partial charge is 0.328 e. The fraction of sp³-hybridized carbons (Fsp3) is 0.400. The Hall–Kier alpha value is -2.74. The van der Waals surface area contributed by atoms with Gasteiger partial charge >= 0.3 is 5.97 Å². The second-order valence-corrected chi connectivity index (χ2v) is 8.50. The normalized spacial score (nSPS) is 12.2. The molecule has 0 fully saturated rings. The molecule has 2 aromatic rings. The Labute approximate surface area is 168 Å². The topological polar surface area (TPSA) is 97.4 Å². The standard InChI is InChI=1S/C20H25N3O4S/c1-12(21-19(26)20(3,4)5)18(25)27-10-17(24)23-15-8-6-7-14(9-15)16-11-28-13(2)22-16/h6-9,11-12H,10H2,1-5H3,(H,21,26)(H,23,24). The summed E-state index contributed by atoms with van der Waals surface area (Å²) in [4.78, 5) is 40.4. The number of thiazole rings is 1. The van der Waals surface area contributed by atoms with Crippen LogP contribution in [0.4, 0.5) is 5.69 Å². The number of aryl methyl sites for hydroxylation is 1. The van der Waals surface area contributed by atoms with Crippen molar-refractivity contribution in [3.05, 3.63) is 34.7 Å². The lowest BCUT2D eigenvalue weighted by Crippen LogP contribution is -2.45. The number of hydrogen-bond donors (Lipinski definition) is 2. The molecule has 1 unspecified atom stereocenters. The molecule has 0 aliphatic carbocycles. The number of nitrogens with zero attached hydrogens (tertiary/aromatic N) is 1. The summed E-state index contributed by atoms with van der Waals surface area (Å²) in [6.07, 6.45) is 0. The minimum absolute atomic E-state index is 0.268. The van der Waals surface area contributed by atoms with Gasteiger partial charge in [-0.15, -0.1) is 11.3 Å². The van der Waals surface area contributed by atoms with Gasteiger partial charge in [-0.05, 0) is 26.0 Å². The van der Waals surface area contributed by atoms with E-state index in [1.165, 1.54) is 6.92 Å². The summed E-state index contributed by atoms with van der Waals surface area (Å²) in [5.41, 5.74) is 1.69. The number of ether oxygens (including phenoxy) is 1. The molecule has 0 aliphatic rings. The molecule has 7 nitrogen and oxygen atoms in total. The lowest BCUT2D eigenvalue weighted by Gasteiger charge is -2.20. The van der Waals surface area contributed by atoms with Crippen molar-refractivity contribution in [2.24, 2.45) is 5.41 Å². The van der Waals surface area contributed by atoms with Gasteiger partial charge in [0.2, 0.25) is 5.91 Å². The minimum Gasteiger partial charge on any atom is -0.454 e. The van der Waals surface area contributed by atoms with Gasteiger partial charge in [-0.25, -0.2) is 9.78 Å². The number of benzene rings is 1. The fourth-order valence-electron chi connectivity index (χ4n) is 2.18. The van der Waals surface area contributed by atoms with Gasteiger partial charge in [0.25, 0.3) is 5.91 Å². The molecule has 2 rings (SSSR count). The van der Waals surface area contributed by atoms with E-state index in [2.05, 4.69) is 15.6 Å². The van der Waals surface area contributed by atoms with Crippen LogP contribution in [0.5, 0.6) is 0 Å². The maximum absolute atomic E-state index is 12.1. The summed E-state index contributed by atoms with van der Waals surface area (Å²) in [7, 11) is 0. The highest BCUT2D eigenvalue weighted by atomic mass is 32.1. The largest absolute Gasteiger partial charge is 0.454 e. The van der Waals surface area contributed by atoms with Crippen LogP contribution in [-0.4, -0.2) is 35.4 Å². The Kier molecular flexibility index (Phi) is 6.90. The molecule has 1 atom stereocenters. The fourth-order valence-corrected chi connectivity index (χ4v) is 2.81. The summed E-state index contributed by atoms with van der Waals surface area (Å²) in [5.74, 6) is -1.40. The first-order valence-electron chi connectivity index (χ1n) is 8.86. The Bertz CT molecular complexity index is 870. The number of carbonyl (C=O) groups excluding carboxylic acids is 3. The van der Waals surface area contributed by atoms with E-state index in [9.17, 15) is 14.4 Å². The molecular weight excluding hydrogens is 378 g/mol. The number of esters is 1. The van der Waals surface area contributed by atoms with E-state index in [1.54, 1.807) is 44.2 Å². The molecule has 0 spiro atoms. The SMILES string of the molecule is Cc1nc(-c2cccc(NC(=O)COC(=O)C(C)NC(=O)C(C)(C)C)c2)cs1. The second-order valence-electron chi connectivity index (χ2n) is 7.43. The van der Waals surface area contributed by atoms with Crippen molar-refractivity contribution < 1.29 is 19.1 Å². The molecule has 0 saturated carbocycles. The Balaban J connectivity index is 1.87. The zero-order valence-electron chi connectivity index (χ0n) is 16.7. The van der Waals surface area contributed by atoms with Crippen molar-refractivity contribution in [2.75, 3.05) is 11.9 Å². The molecule has 1 heterocycles. The van der Waals surface area contributed by atoms with Crippen molar-refractivity contribution in [1.82, 2.24) is 10.3 Å². The maximum atomic E-state index is 12.1. The molecule has 2 amide bonds. The molecule has 0 bridgehead atoms. The first kappa shape index (κ1) is 21.6. The molecular formula is C20H25N3O4S. The lowest BCUT2D eigenvalue weighted by atomic mass is 9.95. The van der Waals surface area contributed by atoms with Gasteiger partial charge in [0.1, 0.15) is 6.04 Å². The van der Waals surface area contributed by atoms with Gasteiger partial charge in [0.15, 0.2) is 6.61 Å².